The average molecular weight is 255 g/mol. The Morgan fingerprint density at radius 1 is 1.29 bits per heavy atom. The molecule has 1 unspecified atom stereocenters. The summed E-state index contributed by atoms with van der Waals surface area (Å²) < 4.78 is 0. The van der Waals surface area contributed by atoms with Crippen LogP contribution in [0.3, 0.4) is 0 Å². The van der Waals surface area contributed by atoms with E-state index in [4.69, 9.17) is 11.6 Å². The van der Waals surface area contributed by atoms with Crippen LogP contribution < -0.4 is 10.6 Å². The number of halogens is 1. The molecule has 2 N–H and O–H groups in total. The van der Waals surface area contributed by atoms with Crippen molar-refractivity contribution in [3.8, 4) is 0 Å². The lowest BCUT2D eigenvalue weighted by atomic mass is 10.2. The second-order valence-corrected chi connectivity index (χ2v) is 4.03. The minimum Gasteiger partial charge on any atom is -0.355 e. The highest BCUT2D eigenvalue weighted by Crippen LogP contribution is 2.09. The maximum absolute atomic E-state index is 11.7. The normalized spacial score (nSPS) is 11.7. The molecule has 0 heterocycles. The van der Waals surface area contributed by atoms with E-state index in [1.807, 2.05) is 6.92 Å². The smallest absolute Gasteiger partial charge is 0.251 e. The Morgan fingerprint density at radius 3 is 2.41 bits per heavy atom. The van der Waals surface area contributed by atoms with Crippen molar-refractivity contribution in [2.75, 3.05) is 6.54 Å². The van der Waals surface area contributed by atoms with Crippen LogP contribution in [0.15, 0.2) is 24.3 Å². The first-order valence-electron chi connectivity index (χ1n) is 5.38. The Hall–Kier alpha value is -1.55. The summed E-state index contributed by atoms with van der Waals surface area (Å²) in [6.07, 6.45) is 0. The third-order valence-electron chi connectivity index (χ3n) is 2.20. The molecule has 1 aromatic carbocycles. The molecule has 0 aliphatic rings. The van der Waals surface area contributed by atoms with E-state index in [1.165, 1.54) is 0 Å². The summed E-state index contributed by atoms with van der Waals surface area (Å²) in [4.78, 5) is 23.2. The van der Waals surface area contributed by atoms with E-state index < -0.39 is 6.04 Å². The molecule has 0 spiro atoms. The van der Waals surface area contributed by atoms with Gasteiger partial charge in [0.1, 0.15) is 6.04 Å². The van der Waals surface area contributed by atoms with Crippen LogP contribution in [0.4, 0.5) is 0 Å². The van der Waals surface area contributed by atoms with Gasteiger partial charge in [0.05, 0.1) is 0 Å². The standard InChI is InChI=1S/C12H15ClN2O2/c1-3-14-11(16)8(2)15-12(17)9-4-6-10(13)7-5-9/h4-8H,3H2,1-2H3,(H,14,16)(H,15,17). The van der Waals surface area contributed by atoms with Crippen LogP contribution >= 0.6 is 11.6 Å². The molecule has 1 aromatic rings. The van der Waals surface area contributed by atoms with Gasteiger partial charge in [-0.1, -0.05) is 11.6 Å². The predicted molar refractivity (Wildman–Crippen MR) is 67.1 cm³/mol. The molecule has 0 aromatic heterocycles. The summed E-state index contributed by atoms with van der Waals surface area (Å²) in [5.41, 5.74) is 0.477. The molecule has 0 bridgehead atoms. The first-order chi connectivity index (χ1) is 8.04. The maximum Gasteiger partial charge on any atom is 0.251 e. The van der Waals surface area contributed by atoms with Crippen molar-refractivity contribution in [1.29, 1.82) is 0 Å². The summed E-state index contributed by atoms with van der Waals surface area (Å²) in [5.74, 6) is -0.491. The van der Waals surface area contributed by atoms with Crippen LogP contribution in [0, 0.1) is 0 Å². The van der Waals surface area contributed by atoms with E-state index in [0.717, 1.165) is 0 Å². The van der Waals surface area contributed by atoms with Gasteiger partial charge in [0, 0.05) is 17.1 Å². The summed E-state index contributed by atoms with van der Waals surface area (Å²) in [6.45, 7) is 4.00. The Kier molecular flexibility index (Phi) is 4.97. The van der Waals surface area contributed by atoms with Gasteiger partial charge < -0.3 is 10.6 Å². The lowest BCUT2D eigenvalue weighted by molar-refractivity contribution is -0.122. The number of rotatable bonds is 4. The average Bonchev–Trinajstić information content (AvgIpc) is 2.30. The number of hydrogen-bond donors (Lipinski definition) is 2. The van der Waals surface area contributed by atoms with Gasteiger partial charge in [-0.2, -0.15) is 0 Å². The van der Waals surface area contributed by atoms with Crippen molar-refractivity contribution in [3.05, 3.63) is 34.9 Å². The third kappa shape index (κ3) is 4.07. The Labute approximate surface area is 105 Å². The zero-order valence-corrected chi connectivity index (χ0v) is 10.5. The third-order valence-corrected chi connectivity index (χ3v) is 2.45. The molecule has 17 heavy (non-hydrogen) atoms. The van der Waals surface area contributed by atoms with Gasteiger partial charge in [0.25, 0.3) is 5.91 Å². The fourth-order valence-electron chi connectivity index (χ4n) is 1.27. The number of hydrogen-bond acceptors (Lipinski definition) is 2. The molecule has 0 saturated heterocycles. The highest BCUT2D eigenvalue weighted by atomic mass is 35.5. The van der Waals surface area contributed by atoms with E-state index in [9.17, 15) is 9.59 Å². The summed E-state index contributed by atoms with van der Waals surface area (Å²) in [5, 5.41) is 5.81. The van der Waals surface area contributed by atoms with Crippen molar-refractivity contribution in [3.63, 3.8) is 0 Å². The van der Waals surface area contributed by atoms with E-state index in [1.54, 1.807) is 31.2 Å². The van der Waals surface area contributed by atoms with Crippen molar-refractivity contribution >= 4 is 23.4 Å². The molecular weight excluding hydrogens is 240 g/mol. The number of amides is 2. The van der Waals surface area contributed by atoms with Gasteiger partial charge >= 0.3 is 0 Å². The van der Waals surface area contributed by atoms with Crippen molar-refractivity contribution < 1.29 is 9.59 Å². The van der Waals surface area contributed by atoms with E-state index >= 15 is 0 Å². The summed E-state index contributed by atoms with van der Waals surface area (Å²) >= 11 is 5.72. The second-order valence-electron chi connectivity index (χ2n) is 3.60. The number of benzene rings is 1. The highest BCUT2D eigenvalue weighted by Gasteiger charge is 2.15. The van der Waals surface area contributed by atoms with Crippen LogP contribution in [0.1, 0.15) is 24.2 Å². The molecule has 4 nitrogen and oxygen atoms in total. The zero-order chi connectivity index (χ0) is 12.8. The van der Waals surface area contributed by atoms with E-state index in [2.05, 4.69) is 10.6 Å². The van der Waals surface area contributed by atoms with Crippen LogP contribution in [-0.2, 0) is 4.79 Å². The molecule has 0 fully saturated rings. The molecule has 92 valence electrons. The first kappa shape index (κ1) is 13.5. The van der Waals surface area contributed by atoms with Crippen molar-refractivity contribution in [1.82, 2.24) is 10.6 Å². The molecular formula is C12H15ClN2O2. The number of carbonyl (C=O) groups is 2. The number of nitrogens with one attached hydrogen (secondary N) is 2. The van der Waals surface area contributed by atoms with Gasteiger partial charge in [0.15, 0.2) is 0 Å². The van der Waals surface area contributed by atoms with Gasteiger partial charge in [-0.15, -0.1) is 0 Å². The van der Waals surface area contributed by atoms with Crippen LogP contribution in [0.25, 0.3) is 0 Å². The number of likely N-dealkylation sites (N-methyl/N-ethyl adjacent to an activating group) is 1. The van der Waals surface area contributed by atoms with Crippen LogP contribution in [0.2, 0.25) is 5.02 Å². The zero-order valence-electron chi connectivity index (χ0n) is 9.79. The Balaban J connectivity index is 2.60. The van der Waals surface area contributed by atoms with Gasteiger partial charge in [0.2, 0.25) is 5.91 Å². The quantitative estimate of drug-likeness (QED) is 0.857. The highest BCUT2D eigenvalue weighted by molar-refractivity contribution is 6.30. The summed E-state index contributed by atoms with van der Waals surface area (Å²) in [6, 6.07) is 5.93. The lowest BCUT2D eigenvalue weighted by Gasteiger charge is -2.13. The molecule has 1 atom stereocenters. The van der Waals surface area contributed by atoms with Gasteiger partial charge in [-0.25, -0.2) is 0 Å². The first-order valence-corrected chi connectivity index (χ1v) is 5.76. The Morgan fingerprint density at radius 2 is 1.88 bits per heavy atom. The van der Waals surface area contributed by atoms with Crippen LogP contribution in [-0.4, -0.2) is 24.4 Å². The minimum atomic E-state index is -0.557. The fraction of sp³-hybridized carbons (Fsp3) is 0.333. The second kappa shape index (κ2) is 6.25. The molecule has 0 saturated carbocycles. The molecule has 5 heteroatoms. The number of carbonyl (C=O) groups excluding carboxylic acids is 2. The molecule has 1 rings (SSSR count). The predicted octanol–water partition coefficient (Wildman–Crippen LogP) is 1.59. The fourth-order valence-corrected chi connectivity index (χ4v) is 1.40. The SMILES string of the molecule is CCNC(=O)C(C)NC(=O)c1ccc(Cl)cc1. The van der Waals surface area contributed by atoms with Crippen molar-refractivity contribution in [2.45, 2.75) is 19.9 Å². The maximum atomic E-state index is 11.7. The monoisotopic (exact) mass is 254 g/mol. The molecule has 0 aliphatic heterocycles. The van der Waals surface area contributed by atoms with Gasteiger partial charge in [-0.3, -0.25) is 9.59 Å². The van der Waals surface area contributed by atoms with Crippen molar-refractivity contribution in [2.24, 2.45) is 0 Å². The van der Waals surface area contributed by atoms with E-state index in [0.29, 0.717) is 17.1 Å². The van der Waals surface area contributed by atoms with Gasteiger partial charge in [-0.05, 0) is 38.1 Å². The molecule has 2 amide bonds. The van der Waals surface area contributed by atoms with Crippen LogP contribution in [0.5, 0.6) is 0 Å². The largest absolute Gasteiger partial charge is 0.355 e. The molecule has 0 aliphatic carbocycles. The minimum absolute atomic E-state index is 0.199. The topological polar surface area (TPSA) is 58.2 Å². The lowest BCUT2D eigenvalue weighted by Crippen LogP contribution is -2.44. The molecule has 0 radical (unpaired) electrons. The Bertz CT molecular complexity index is 403. The van der Waals surface area contributed by atoms with E-state index in [-0.39, 0.29) is 11.8 Å². The summed E-state index contributed by atoms with van der Waals surface area (Å²) in [7, 11) is 0.